The van der Waals surface area contributed by atoms with Gasteiger partial charge in [-0.15, -0.1) is 0 Å². The average molecular weight is 303 g/mol. The smallest absolute Gasteiger partial charge is 0.183 e. The molecule has 18 heavy (non-hydrogen) atoms. The highest BCUT2D eigenvalue weighted by Gasteiger charge is 2.09. The lowest BCUT2D eigenvalue weighted by Crippen LogP contribution is -2.01. The highest BCUT2D eigenvalue weighted by atomic mass is 79.9. The van der Waals surface area contributed by atoms with Crippen LogP contribution in [0.3, 0.4) is 0 Å². The van der Waals surface area contributed by atoms with E-state index in [1.54, 1.807) is 6.20 Å². The second-order valence-corrected chi connectivity index (χ2v) is 4.82. The number of hydrogen-bond donors (Lipinski definition) is 1. The first-order valence-electron chi connectivity index (χ1n) is 5.36. The average Bonchev–Trinajstić information content (AvgIpc) is 2.34. The van der Waals surface area contributed by atoms with Gasteiger partial charge in [0.25, 0.3) is 0 Å². The van der Waals surface area contributed by atoms with Crippen molar-refractivity contribution in [2.45, 2.75) is 13.8 Å². The van der Waals surface area contributed by atoms with Crippen LogP contribution in [0.15, 0.2) is 29.0 Å². The van der Waals surface area contributed by atoms with Gasteiger partial charge in [0.1, 0.15) is 6.07 Å². The van der Waals surface area contributed by atoms with E-state index in [1.165, 1.54) is 6.20 Å². The number of nitrogens with one attached hydrogen (secondary N) is 1. The fraction of sp³-hybridized carbons (Fsp3) is 0.154. The van der Waals surface area contributed by atoms with Crippen LogP contribution in [0.5, 0.6) is 0 Å². The van der Waals surface area contributed by atoms with E-state index in [4.69, 9.17) is 5.26 Å². The molecule has 0 spiro atoms. The summed E-state index contributed by atoms with van der Waals surface area (Å²) in [7, 11) is 0. The number of aromatic nitrogens is 2. The Labute approximate surface area is 114 Å². The summed E-state index contributed by atoms with van der Waals surface area (Å²) in [5.41, 5.74) is 3.40. The molecule has 0 aliphatic carbocycles. The molecular formula is C13H11BrN4. The molecule has 2 rings (SSSR count). The van der Waals surface area contributed by atoms with Crippen molar-refractivity contribution >= 4 is 27.4 Å². The van der Waals surface area contributed by atoms with Gasteiger partial charge in [-0.25, -0.2) is 9.97 Å². The number of anilines is 2. The molecule has 90 valence electrons. The summed E-state index contributed by atoms with van der Waals surface area (Å²) >= 11 is 3.45. The molecule has 0 unspecified atom stereocenters. The Kier molecular flexibility index (Phi) is 3.58. The van der Waals surface area contributed by atoms with Crippen molar-refractivity contribution in [3.8, 4) is 6.07 Å². The SMILES string of the molecule is Cc1cc(Br)cc(C)c1Nc1nccnc1C#N. The van der Waals surface area contributed by atoms with Gasteiger partial charge in [-0.1, -0.05) is 15.9 Å². The van der Waals surface area contributed by atoms with E-state index in [1.807, 2.05) is 32.0 Å². The molecule has 1 heterocycles. The first kappa shape index (κ1) is 12.5. The number of halogens is 1. The topological polar surface area (TPSA) is 61.6 Å². The van der Waals surface area contributed by atoms with Crippen LogP contribution in [0.2, 0.25) is 0 Å². The minimum atomic E-state index is 0.291. The Morgan fingerprint density at radius 2 is 1.78 bits per heavy atom. The predicted molar refractivity (Wildman–Crippen MR) is 73.6 cm³/mol. The molecule has 0 saturated carbocycles. The van der Waals surface area contributed by atoms with Gasteiger partial charge in [0.05, 0.1) is 0 Å². The standard InChI is InChI=1S/C13H11BrN4/c1-8-5-10(14)6-9(2)12(8)18-13-11(7-15)16-3-4-17-13/h3-6H,1-2H3,(H,17,18). The summed E-state index contributed by atoms with van der Waals surface area (Å²) in [6.07, 6.45) is 3.07. The fourth-order valence-electron chi connectivity index (χ4n) is 1.74. The van der Waals surface area contributed by atoms with Crippen molar-refractivity contribution in [3.63, 3.8) is 0 Å². The quantitative estimate of drug-likeness (QED) is 0.922. The van der Waals surface area contributed by atoms with E-state index in [-0.39, 0.29) is 0 Å². The molecule has 1 aromatic carbocycles. The van der Waals surface area contributed by atoms with Crippen molar-refractivity contribution in [1.82, 2.24) is 9.97 Å². The number of nitrogens with zero attached hydrogens (tertiary/aromatic N) is 3. The van der Waals surface area contributed by atoms with E-state index in [2.05, 4.69) is 31.2 Å². The van der Waals surface area contributed by atoms with Crippen LogP contribution in [0.1, 0.15) is 16.8 Å². The Morgan fingerprint density at radius 1 is 1.17 bits per heavy atom. The molecule has 1 aromatic heterocycles. The molecule has 0 atom stereocenters. The zero-order valence-corrected chi connectivity index (χ0v) is 11.6. The second kappa shape index (κ2) is 5.15. The lowest BCUT2D eigenvalue weighted by Gasteiger charge is -2.13. The van der Waals surface area contributed by atoms with Gasteiger partial charge in [-0.2, -0.15) is 5.26 Å². The van der Waals surface area contributed by atoms with Crippen molar-refractivity contribution in [2.24, 2.45) is 0 Å². The number of aryl methyl sites for hydroxylation is 2. The van der Waals surface area contributed by atoms with Gasteiger partial charge in [-0.3, -0.25) is 0 Å². The minimum Gasteiger partial charge on any atom is -0.337 e. The van der Waals surface area contributed by atoms with Crippen molar-refractivity contribution in [2.75, 3.05) is 5.32 Å². The van der Waals surface area contributed by atoms with Gasteiger partial charge in [0.15, 0.2) is 11.5 Å². The minimum absolute atomic E-state index is 0.291. The Bertz CT molecular complexity index is 608. The van der Waals surface area contributed by atoms with Gasteiger partial charge in [-0.05, 0) is 37.1 Å². The zero-order valence-electron chi connectivity index (χ0n) is 10.0. The molecule has 0 radical (unpaired) electrons. The van der Waals surface area contributed by atoms with Crippen LogP contribution in [0.4, 0.5) is 11.5 Å². The Hall–Kier alpha value is -1.93. The van der Waals surface area contributed by atoms with Crippen LogP contribution in [-0.2, 0) is 0 Å². The molecule has 0 bridgehead atoms. The summed E-state index contributed by atoms with van der Waals surface area (Å²) < 4.78 is 1.03. The molecule has 0 amide bonds. The summed E-state index contributed by atoms with van der Waals surface area (Å²) in [5.74, 6) is 0.480. The van der Waals surface area contributed by atoms with E-state index in [9.17, 15) is 0 Å². The van der Waals surface area contributed by atoms with Crippen LogP contribution in [-0.4, -0.2) is 9.97 Å². The molecular weight excluding hydrogens is 292 g/mol. The maximum atomic E-state index is 8.98. The normalized spacial score (nSPS) is 9.89. The van der Waals surface area contributed by atoms with Gasteiger partial charge in [0, 0.05) is 22.6 Å². The second-order valence-electron chi connectivity index (χ2n) is 3.90. The molecule has 0 aliphatic rings. The summed E-state index contributed by atoms with van der Waals surface area (Å²) in [4.78, 5) is 8.12. The van der Waals surface area contributed by atoms with Crippen LogP contribution >= 0.6 is 15.9 Å². The molecule has 1 N–H and O–H groups in total. The summed E-state index contributed by atoms with van der Waals surface area (Å²) in [6.45, 7) is 4.00. The molecule has 0 aliphatic heterocycles. The molecule has 4 nitrogen and oxygen atoms in total. The lowest BCUT2D eigenvalue weighted by atomic mass is 10.1. The summed E-state index contributed by atoms with van der Waals surface area (Å²) in [5, 5.41) is 12.1. The third-order valence-electron chi connectivity index (χ3n) is 2.55. The molecule has 0 fully saturated rings. The molecule has 5 heteroatoms. The van der Waals surface area contributed by atoms with Crippen molar-refractivity contribution in [1.29, 1.82) is 5.26 Å². The zero-order chi connectivity index (χ0) is 13.1. The fourth-order valence-corrected chi connectivity index (χ4v) is 2.42. The summed E-state index contributed by atoms with van der Waals surface area (Å²) in [6, 6.07) is 6.04. The number of nitriles is 1. The first-order valence-corrected chi connectivity index (χ1v) is 6.16. The van der Waals surface area contributed by atoms with Crippen molar-refractivity contribution < 1.29 is 0 Å². The monoisotopic (exact) mass is 302 g/mol. The lowest BCUT2D eigenvalue weighted by molar-refractivity contribution is 1.16. The highest BCUT2D eigenvalue weighted by molar-refractivity contribution is 9.10. The number of benzene rings is 1. The number of rotatable bonds is 2. The molecule has 0 saturated heterocycles. The van der Waals surface area contributed by atoms with Gasteiger partial charge >= 0.3 is 0 Å². The van der Waals surface area contributed by atoms with E-state index in [0.717, 1.165) is 21.3 Å². The largest absolute Gasteiger partial charge is 0.337 e. The third-order valence-corrected chi connectivity index (χ3v) is 3.00. The predicted octanol–water partition coefficient (Wildman–Crippen LogP) is 3.47. The Balaban J connectivity index is 2.44. The Morgan fingerprint density at radius 3 is 2.39 bits per heavy atom. The van der Waals surface area contributed by atoms with Crippen LogP contribution in [0, 0.1) is 25.2 Å². The van der Waals surface area contributed by atoms with E-state index >= 15 is 0 Å². The van der Waals surface area contributed by atoms with Crippen LogP contribution in [0.25, 0.3) is 0 Å². The molecule has 2 aromatic rings. The third kappa shape index (κ3) is 2.49. The first-order chi connectivity index (χ1) is 8.61. The van der Waals surface area contributed by atoms with E-state index in [0.29, 0.717) is 11.5 Å². The highest BCUT2D eigenvalue weighted by Crippen LogP contribution is 2.27. The van der Waals surface area contributed by atoms with Gasteiger partial charge < -0.3 is 5.32 Å². The number of hydrogen-bond acceptors (Lipinski definition) is 4. The van der Waals surface area contributed by atoms with E-state index < -0.39 is 0 Å². The van der Waals surface area contributed by atoms with Crippen LogP contribution < -0.4 is 5.32 Å². The van der Waals surface area contributed by atoms with Crippen molar-refractivity contribution in [3.05, 3.63) is 45.8 Å². The maximum Gasteiger partial charge on any atom is 0.183 e. The maximum absolute atomic E-state index is 8.98. The van der Waals surface area contributed by atoms with Gasteiger partial charge in [0.2, 0.25) is 0 Å².